The number of halogens is 2. The van der Waals surface area contributed by atoms with E-state index in [0.717, 1.165) is 0 Å². The first-order chi connectivity index (χ1) is 6.18. The van der Waals surface area contributed by atoms with Gasteiger partial charge in [0.15, 0.2) is 5.15 Å². The number of H-pyrrole nitrogens is 1. The van der Waals surface area contributed by atoms with Crippen LogP contribution in [0.5, 0.6) is 0 Å². The molecule has 0 aliphatic rings. The van der Waals surface area contributed by atoms with Crippen molar-refractivity contribution in [2.45, 2.75) is 0 Å². The van der Waals surface area contributed by atoms with Gasteiger partial charge in [0.2, 0.25) is 0 Å². The third-order valence-electron chi connectivity index (χ3n) is 1.55. The molecule has 13 heavy (non-hydrogen) atoms. The molecule has 6 heteroatoms. The highest BCUT2D eigenvalue weighted by Crippen LogP contribution is 2.19. The SMILES string of the molecule is O=c1[nH]nc(Cl)c2cc(Cl)cnc12. The van der Waals surface area contributed by atoms with Gasteiger partial charge in [-0.3, -0.25) is 4.79 Å². The molecule has 2 heterocycles. The first kappa shape index (κ1) is 8.47. The lowest BCUT2D eigenvalue weighted by atomic mass is 10.3. The Bertz CT molecular complexity index is 523. The summed E-state index contributed by atoms with van der Waals surface area (Å²) in [7, 11) is 0. The first-order valence-corrected chi connectivity index (χ1v) is 4.13. The van der Waals surface area contributed by atoms with Gasteiger partial charge < -0.3 is 0 Å². The van der Waals surface area contributed by atoms with Crippen molar-refractivity contribution in [1.29, 1.82) is 0 Å². The van der Waals surface area contributed by atoms with Crippen molar-refractivity contribution in [3.63, 3.8) is 0 Å². The molecule has 0 aromatic carbocycles. The van der Waals surface area contributed by atoms with Gasteiger partial charge in [0.05, 0.1) is 5.02 Å². The van der Waals surface area contributed by atoms with Crippen LogP contribution < -0.4 is 5.56 Å². The molecule has 4 nitrogen and oxygen atoms in total. The smallest absolute Gasteiger partial charge is 0.266 e. The van der Waals surface area contributed by atoms with Gasteiger partial charge >= 0.3 is 0 Å². The lowest BCUT2D eigenvalue weighted by molar-refractivity contribution is 1.00. The molecule has 0 amide bonds. The zero-order chi connectivity index (χ0) is 9.42. The fraction of sp³-hybridized carbons (Fsp3) is 0. The summed E-state index contributed by atoms with van der Waals surface area (Å²) in [5.74, 6) is 0. The summed E-state index contributed by atoms with van der Waals surface area (Å²) < 4.78 is 0. The summed E-state index contributed by atoms with van der Waals surface area (Å²) in [5, 5.41) is 6.86. The maximum atomic E-state index is 11.2. The van der Waals surface area contributed by atoms with Crippen molar-refractivity contribution in [1.82, 2.24) is 15.2 Å². The van der Waals surface area contributed by atoms with E-state index in [2.05, 4.69) is 15.2 Å². The van der Waals surface area contributed by atoms with Crippen LogP contribution in [0.2, 0.25) is 10.2 Å². The van der Waals surface area contributed by atoms with E-state index in [9.17, 15) is 4.79 Å². The molecular formula is C7H3Cl2N3O. The minimum absolute atomic E-state index is 0.185. The van der Waals surface area contributed by atoms with E-state index < -0.39 is 0 Å². The maximum absolute atomic E-state index is 11.2. The molecule has 2 aromatic rings. The normalized spacial score (nSPS) is 10.6. The zero-order valence-electron chi connectivity index (χ0n) is 6.21. The fourth-order valence-electron chi connectivity index (χ4n) is 0.990. The van der Waals surface area contributed by atoms with Crippen LogP contribution in [-0.2, 0) is 0 Å². The predicted molar refractivity (Wildman–Crippen MR) is 50.2 cm³/mol. The molecule has 0 aliphatic heterocycles. The summed E-state index contributed by atoms with van der Waals surface area (Å²) in [5.41, 5.74) is -0.138. The van der Waals surface area contributed by atoms with Crippen LogP contribution in [0, 0.1) is 0 Å². The molecule has 1 N–H and O–H groups in total. The van der Waals surface area contributed by atoms with Crippen LogP contribution in [-0.4, -0.2) is 15.2 Å². The highest BCUT2D eigenvalue weighted by atomic mass is 35.5. The van der Waals surface area contributed by atoms with Crippen molar-refractivity contribution >= 4 is 34.1 Å². The Balaban J connectivity index is 3.01. The topological polar surface area (TPSA) is 58.6 Å². The average Bonchev–Trinajstić information content (AvgIpc) is 2.12. The molecule has 66 valence electrons. The number of nitrogens with zero attached hydrogens (tertiary/aromatic N) is 2. The minimum Gasteiger partial charge on any atom is -0.266 e. The second kappa shape index (κ2) is 2.97. The van der Waals surface area contributed by atoms with Gasteiger partial charge in [-0.2, -0.15) is 5.10 Å². The summed E-state index contributed by atoms with van der Waals surface area (Å²) in [4.78, 5) is 15.0. The van der Waals surface area contributed by atoms with Gasteiger partial charge in [0.25, 0.3) is 5.56 Å². The molecule has 0 saturated heterocycles. The Morgan fingerprint density at radius 1 is 1.38 bits per heavy atom. The molecule has 0 aliphatic carbocycles. The first-order valence-electron chi connectivity index (χ1n) is 3.38. The van der Waals surface area contributed by atoms with Gasteiger partial charge in [0, 0.05) is 11.6 Å². The van der Waals surface area contributed by atoms with Crippen LogP contribution >= 0.6 is 23.2 Å². The monoisotopic (exact) mass is 215 g/mol. The number of aromatic nitrogens is 3. The molecule has 2 rings (SSSR count). The number of hydrogen-bond donors (Lipinski definition) is 1. The largest absolute Gasteiger partial charge is 0.290 e. The van der Waals surface area contributed by atoms with E-state index in [1.54, 1.807) is 6.07 Å². The van der Waals surface area contributed by atoms with Crippen LogP contribution in [0.3, 0.4) is 0 Å². The second-order valence-electron chi connectivity index (χ2n) is 2.39. The Kier molecular flexibility index (Phi) is 1.94. The molecule has 0 bridgehead atoms. The Hall–Kier alpha value is -1.13. The minimum atomic E-state index is -0.379. The Labute approximate surface area is 82.5 Å². The highest BCUT2D eigenvalue weighted by molar-refractivity contribution is 6.35. The molecule has 0 fully saturated rings. The van der Waals surface area contributed by atoms with E-state index in [1.807, 2.05) is 0 Å². The number of aromatic amines is 1. The third-order valence-corrected chi connectivity index (χ3v) is 2.04. The molecule has 0 radical (unpaired) electrons. The van der Waals surface area contributed by atoms with Gasteiger partial charge in [-0.15, -0.1) is 0 Å². The lowest BCUT2D eigenvalue weighted by Crippen LogP contribution is -2.09. The molecule has 0 spiro atoms. The van der Waals surface area contributed by atoms with Crippen LogP contribution in [0.1, 0.15) is 0 Å². The molecule has 0 unspecified atom stereocenters. The molecule has 0 atom stereocenters. The fourth-order valence-corrected chi connectivity index (χ4v) is 1.33. The average molecular weight is 216 g/mol. The number of hydrogen-bond acceptors (Lipinski definition) is 3. The van der Waals surface area contributed by atoms with Gasteiger partial charge in [0.1, 0.15) is 5.52 Å². The highest BCUT2D eigenvalue weighted by Gasteiger charge is 2.05. The Morgan fingerprint density at radius 2 is 2.15 bits per heavy atom. The van der Waals surface area contributed by atoms with E-state index in [1.165, 1.54) is 6.20 Å². The van der Waals surface area contributed by atoms with Crippen LogP contribution in [0.4, 0.5) is 0 Å². The van der Waals surface area contributed by atoms with Crippen molar-refractivity contribution in [2.75, 3.05) is 0 Å². The van der Waals surface area contributed by atoms with Gasteiger partial charge in [-0.1, -0.05) is 23.2 Å². The molecule has 2 aromatic heterocycles. The predicted octanol–water partition coefficient (Wildman–Crippen LogP) is 1.62. The van der Waals surface area contributed by atoms with Crippen molar-refractivity contribution in [2.24, 2.45) is 0 Å². The van der Waals surface area contributed by atoms with Gasteiger partial charge in [-0.25, -0.2) is 10.1 Å². The van der Waals surface area contributed by atoms with Crippen LogP contribution in [0.25, 0.3) is 10.9 Å². The second-order valence-corrected chi connectivity index (χ2v) is 3.19. The van der Waals surface area contributed by atoms with E-state index in [0.29, 0.717) is 10.4 Å². The lowest BCUT2D eigenvalue weighted by Gasteiger charge is -1.96. The van der Waals surface area contributed by atoms with Crippen LogP contribution in [0.15, 0.2) is 17.1 Å². The van der Waals surface area contributed by atoms with E-state index >= 15 is 0 Å². The number of fused-ring (bicyclic) bond motifs is 1. The molecular weight excluding hydrogens is 213 g/mol. The number of pyridine rings is 1. The maximum Gasteiger partial charge on any atom is 0.290 e. The number of rotatable bonds is 0. The quantitative estimate of drug-likeness (QED) is 0.727. The zero-order valence-corrected chi connectivity index (χ0v) is 7.73. The third kappa shape index (κ3) is 1.38. The molecule has 0 saturated carbocycles. The Morgan fingerprint density at radius 3 is 2.92 bits per heavy atom. The van der Waals surface area contributed by atoms with E-state index in [-0.39, 0.29) is 16.2 Å². The van der Waals surface area contributed by atoms with Crippen molar-refractivity contribution < 1.29 is 0 Å². The summed E-state index contributed by atoms with van der Waals surface area (Å²) in [6, 6.07) is 1.55. The summed E-state index contributed by atoms with van der Waals surface area (Å²) in [6.07, 6.45) is 1.38. The summed E-state index contributed by atoms with van der Waals surface area (Å²) in [6.45, 7) is 0. The summed E-state index contributed by atoms with van der Waals surface area (Å²) >= 11 is 11.4. The number of nitrogens with one attached hydrogen (secondary N) is 1. The van der Waals surface area contributed by atoms with E-state index in [4.69, 9.17) is 23.2 Å². The van der Waals surface area contributed by atoms with Crippen molar-refractivity contribution in [3.05, 3.63) is 32.8 Å². The van der Waals surface area contributed by atoms with Crippen molar-refractivity contribution in [3.8, 4) is 0 Å². The van der Waals surface area contributed by atoms with Gasteiger partial charge in [-0.05, 0) is 6.07 Å². The standard InChI is InChI=1S/C7H3Cl2N3O/c8-3-1-4-5(10-2-3)7(13)12-11-6(4)9/h1-2H,(H,12,13).